The second kappa shape index (κ2) is 10.3. The van der Waals surface area contributed by atoms with Crippen molar-refractivity contribution in [2.45, 2.75) is 44.3 Å². The predicted octanol–water partition coefficient (Wildman–Crippen LogP) is 5.17. The third kappa shape index (κ3) is 4.50. The van der Waals surface area contributed by atoms with Crippen LogP contribution in [0.5, 0.6) is 0 Å². The molecule has 2 aromatic carbocycles. The monoisotopic (exact) mass is 543 g/mol. The third-order valence-electron chi connectivity index (χ3n) is 8.49. The molecule has 1 saturated carbocycles. The van der Waals surface area contributed by atoms with Gasteiger partial charge in [0.1, 0.15) is 29.5 Å². The van der Waals surface area contributed by atoms with Crippen molar-refractivity contribution in [1.82, 2.24) is 29.2 Å². The molecule has 1 saturated heterocycles. The molecule has 10 heteroatoms. The number of benzene rings is 2. The average Bonchev–Trinajstić information content (AvgIpc) is 3.58. The quantitative estimate of drug-likeness (QED) is 0.329. The predicted molar refractivity (Wildman–Crippen MR) is 150 cm³/mol. The molecular weight excluding hydrogens is 512 g/mol. The summed E-state index contributed by atoms with van der Waals surface area (Å²) in [5.41, 5.74) is 10.0. The van der Waals surface area contributed by atoms with Crippen LogP contribution in [0.15, 0.2) is 55.0 Å². The first-order valence-electron chi connectivity index (χ1n) is 13.9. The molecule has 0 amide bonds. The van der Waals surface area contributed by atoms with Gasteiger partial charge in [-0.2, -0.15) is 5.10 Å². The van der Waals surface area contributed by atoms with Crippen LogP contribution in [0.25, 0.3) is 33.2 Å². The minimum atomic E-state index is -0.452. The lowest BCUT2D eigenvalue weighted by molar-refractivity contribution is 0.00520. The average molecular weight is 544 g/mol. The van der Waals surface area contributed by atoms with E-state index >= 15 is 0 Å². The first-order chi connectivity index (χ1) is 19.5. The van der Waals surface area contributed by atoms with Crippen LogP contribution in [-0.2, 0) is 11.3 Å². The van der Waals surface area contributed by atoms with E-state index in [4.69, 9.17) is 15.6 Å². The van der Waals surface area contributed by atoms with Gasteiger partial charge in [-0.3, -0.25) is 4.90 Å². The summed E-state index contributed by atoms with van der Waals surface area (Å²) in [7, 11) is 0. The molecule has 0 unspecified atom stereocenters. The van der Waals surface area contributed by atoms with E-state index in [2.05, 4.69) is 25.6 Å². The maximum absolute atomic E-state index is 14.3. The van der Waals surface area contributed by atoms with Gasteiger partial charge in [0.15, 0.2) is 5.65 Å². The highest BCUT2D eigenvalue weighted by molar-refractivity contribution is 6.00. The smallest absolute Gasteiger partial charge is 0.164 e. The van der Waals surface area contributed by atoms with E-state index < -0.39 is 11.6 Å². The highest BCUT2D eigenvalue weighted by atomic mass is 19.1. The number of ether oxygens (including phenoxy) is 1. The minimum absolute atomic E-state index is 0.234. The van der Waals surface area contributed by atoms with Crippen LogP contribution in [0.4, 0.5) is 14.6 Å². The van der Waals surface area contributed by atoms with Gasteiger partial charge in [0.25, 0.3) is 0 Å². The van der Waals surface area contributed by atoms with Gasteiger partial charge in [-0.05, 0) is 62.1 Å². The van der Waals surface area contributed by atoms with Gasteiger partial charge in [-0.1, -0.05) is 6.07 Å². The van der Waals surface area contributed by atoms with Gasteiger partial charge in [0.05, 0.1) is 31.2 Å². The Morgan fingerprint density at radius 2 is 1.73 bits per heavy atom. The lowest BCUT2D eigenvalue weighted by Crippen LogP contribution is -2.45. The summed E-state index contributed by atoms with van der Waals surface area (Å²) >= 11 is 0. The summed E-state index contributed by atoms with van der Waals surface area (Å²) in [5.74, 6) is -0.467. The summed E-state index contributed by atoms with van der Waals surface area (Å²) in [4.78, 5) is 11.5. The number of hydrogen-bond acceptors (Lipinski definition) is 6. The van der Waals surface area contributed by atoms with E-state index in [0.29, 0.717) is 17.4 Å². The lowest BCUT2D eigenvalue weighted by atomic mass is 9.90. The van der Waals surface area contributed by atoms with Crippen molar-refractivity contribution in [2.24, 2.45) is 0 Å². The number of fused-ring (bicyclic) bond motifs is 2. The Hall–Kier alpha value is -3.89. The fraction of sp³-hybridized carbons (Fsp3) is 0.367. The topological polar surface area (TPSA) is 87.0 Å². The van der Waals surface area contributed by atoms with Gasteiger partial charge in [-0.25, -0.2) is 23.4 Å². The van der Waals surface area contributed by atoms with Crippen molar-refractivity contribution in [3.63, 3.8) is 0 Å². The standard InChI is InChI=1S/C30H31F2N7O/c31-22-2-7-25(32)21(16-22)17-38-10-9-19-15-20(1-8-26(19)38)28-27-29(33)34-18-35-30(27)39(36-28)24-5-3-23(4-6-24)37-11-13-40-14-12-37/h1-2,7-10,15-16,18,23-24H,3-6,11-14,17H2,(H2,33,34,35)/t23-,24-. The summed E-state index contributed by atoms with van der Waals surface area (Å²) < 4.78 is 37.5. The number of anilines is 1. The van der Waals surface area contributed by atoms with Gasteiger partial charge >= 0.3 is 0 Å². The number of halogens is 2. The maximum atomic E-state index is 14.3. The van der Waals surface area contributed by atoms with Crippen molar-refractivity contribution in [2.75, 3.05) is 32.0 Å². The van der Waals surface area contributed by atoms with Crippen molar-refractivity contribution in [1.29, 1.82) is 0 Å². The molecule has 2 N–H and O–H groups in total. The summed E-state index contributed by atoms with van der Waals surface area (Å²) in [6.07, 6.45) is 7.69. The van der Waals surface area contributed by atoms with Crippen LogP contribution in [-0.4, -0.2) is 61.6 Å². The molecule has 1 aliphatic carbocycles. The van der Waals surface area contributed by atoms with Gasteiger partial charge < -0.3 is 15.0 Å². The summed E-state index contributed by atoms with van der Waals surface area (Å²) in [5, 5.41) is 6.82. The SMILES string of the molecule is Nc1ncnc2c1c(-c1ccc3c(ccn3Cc3cc(F)ccc3F)c1)nn2[C@H]1CC[C@H](N2CCOCC2)CC1. The van der Waals surface area contributed by atoms with Gasteiger partial charge in [-0.15, -0.1) is 0 Å². The molecular formula is C30H31F2N7O. The van der Waals surface area contributed by atoms with Gasteiger partial charge in [0, 0.05) is 47.4 Å². The Bertz CT molecular complexity index is 1680. The van der Waals surface area contributed by atoms with Crippen LogP contribution < -0.4 is 5.73 Å². The Balaban J connectivity index is 1.20. The van der Waals surface area contributed by atoms with Crippen molar-refractivity contribution in [3.8, 4) is 11.3 Å². The number of aromatic nitrogens is 5. The Labute approximate surface area is 230 Å². The zero-order valence-electron chi connectivity index (χ0n) is 22.1. The minimum Gasteiger partial charge on any atom is -0.383 e. The van der Waals surface area contributed by atoms with Crippen LogP contribution in [0.1, 0.15) is 37.3 Å². The van der Waals surface area contributed by atoms with Crippen LogP contribution >= 0.6 is 0 Å². The summed E-state index contributed by atoms with van der Waals surface area (Å²) in [6, 6.07) is 12.4. The van der Waals surface area contributed by atoms with E-state index in [0.717, 1.165) is 97.3 Å². The largest absolute Gasteiger partial charge is 0.383 e. The molecule has 2 fully saturated rings. The van der Waals surface area contributed by atoms with Crippen LogP contribution in [0.2, 0.25) is 0 Å². The first kappa shape index (κ1) is 25.1. The molecule has 5 aromatic rings. The zero-order chi connectivity index (χ0) is 27.2. The Morgan fingerprint density at radius 1 is 0.925 bits per heavy atom. The Morgan fingerprint density at radius 3 is 2.55 bits per heavy atom. The molecule has 4 heterocycles. The number of nitrogens with two attached hydrogens (primary N) is 1. The van der Waals surface area contributed by atoms with E-state index in [1.807, 2.05) is 29.0 Å². The molecule has 0 radical (unpaired) electrons. The normalized spacial score (nSPS) is 20.4. The number of rotatable bonds is 5. The fourth-order valence-electron chi connectivity index (χ4n) is 6.40. The van der Waals surface area contributed by atoms with Crippen LogP contribution in [0, 0.1) is 11.6 Å². The molecule has 0 bridgehead atoms. The molecule has 40 heavy (non-hydrogen) atoms. The molecule has 206 valence electrons. The summed E-state index contributed by atoms with van der Waals surface area (Å²) in [6.45, 7) is 3.89. The molecule has 0 spiro atoms. The first-order valence-corrected chi connectivity index (χ1v) is 13.9. The second-order valence-corrected chi connectivity index (χ2v) is 10.8. The molecule has 2 aliphatic rings. The van der Waals surface area contributed by atoms with E-state index in [-0.39, 0.29) is 12.6 Å². The fourth-order valence-corrected chi connectivity index (χ4v) is 6.40. The van der Waals surface area contributed by atoms with Crippen molar-refractivity contribution in [3.05, 3.63) is 72.2 Å². The third-order valence-corrected chi connectivity index (χ3v) is 8.49. The Kier molecular flexibility index (Phi) is 6.44. The van der Waals surface area contributed by atoms with Crippen LogP contribution in [0.3, 0.4) is 0 Å². The lowest BCUT2D eigenvalue weighted by Gasteiger charge is -2.38. The maximum Gasteiger partial charge on any atom is 0.164 e. The van der Waals surface area contributed by atoms with E-state index in [1.165, 1.54) is 12.4 Å². The van der Waals surface area contributed by atoms with Gasteiger partial charge in [0.2, 0.25) is 0 Å². The van der Waals surface area contributed by atoms with E-state index in [9.17, 15) is 8.78 Å². The van der Waals surface area contributed by atoms with E-state index in [1.54, 1.807) is 0 Å². The highest BCUT2D eigenvalue weighted by Gasteiger charge is 2.30. The molecule has 3 aromatic heterocycles. The number of nitrogen functional groups attached to an aromatic ring is 1. The number of nitrogens with zero attached hydrogens (tertiary/aromatic N) is 6. The molecule has 1 aliphatic heterocycles. The molecule has 8 nitrogen and oxygen atoms in total. The highest BCUT2D eigenvalue weighted by Crippen LogP contribution is 2.37. The van der Waals surface area contributed by atoms with Crippen molar-refractivity contribution >= 4 is 27.8 Å². The zero-order valence-corrected chi connectivity index (χ0v) is 22.1. The molecule has 0 atom stereocenters. The molecule has 7 rings (SSSR count). The number of morpholine rings is 1. The number of hydrogen-bond donors (Lipinski definition) is 1. The van der Waals surface area contributed by atoms with Crippen molar-refractivity contribution < 1.29 is 13.5 Å². The second-order valence-electron chi connectivity index (χ2n) is 10.8.